The van der Waals surface area contributed by atoms with Crippen molar-refractivity contribution >= 4 is 28.1 Å². The summed E-state index contributed by atoms with van der Waals surface area (Å²) in [5.74, 6) is 0.181. The number of nitrogens with zero attached hydrogens (tertiary/aromatic N) is 2. The van der Waals surface area contributed by atoms with Crippen LogP contribution in [0.2, 0.25) is 0 Å². The Labute approximate surface area is 180 Å². The molecule has 4 rings (SSSR count). The van der Waals surface area contributed by atoms with Crippen molar-refractivity contribution in [3.63, 3.8) is 0 Å². The van der Waals surface area contributed by atoms with Gasteiger partial charge in [0.1, 0.15) is 18.1 Å². The van der Waals surface area contributed by atoms with Crippen molar-refractivity contribution < 1.29 is 28.7 Å². The molecule has 0 fully saturated rings. The topological polar surface area (TPSA) is 110 Å². The SMILES string of the molecule is Cc1cc(C(=O)COC(=O)c2ccc([N+](=O)[O-])s2)c(C)n1-c1ccc2c(c1)OCCO2. The number of benzene rings is 1. The minimum atomic E-state index is -0.771. The Morgan fingerprint density at radius 3 is 2.58 bits per heavy atom. The second kappa shape index (κ2) is 8.23. The van der Waals surface area contributed by atoms with Crippen LogP contribution in [0.15, 0.2) is 36.4 Å². The molecule has 31 heavy (non-hydrogen) atoms. The van der Waals surface area contributed by atoms with Gasteiger partial charge < -0.3 is 18.8 Å². The number of carbonyl (C=O) groups excluding carboxylic acids is 2. The fourth-order valence-corrected chi connectivity index (χ4v) is 4.14. The Morgan fingerprint density at radius 1 is 1.13 bits per heavy atom. The van der Waals surface area contributed by atoms with Crippen molar-refractivity contribution in [2.45, 2.75) is 13.8 Å². The molecule has 0 atom stereocenters. The first-order chi connectivity index (χ1) is 14.8. The third-order valence-electron chi connectivity index (χ3n) is 4.82. The molecule has 0 bridgehead atoms. The van der Waals surface area contributed by atoms with Gasteiger partial charge in [-0.1, -0.05) is 11.3 Å². The Hall–Kier alpha value is -3.66. The Bertz CT molecular complexity index is 1190. The van der Waals surface area contributed by atoms with E-state index in [2.05, 4.69) is 0 Å². The van der Waals surface area contributed by atoms with Crippen molar-refractivity contribution in [1.82, 2.24) is 4.57 Å². The summed E-state index contributed by atoms with van der Waals surface area (Å²) in [6.07, 6.45) is 0. The van der Waals surface area contributed by atoms with Crippen LogP contribution in [-0.2, 0) is 4.74 Å². The zero-order valence-corrected chi connectivity index (χ0v) is 17.6. The number of nitro groups is 1. The van der Waals surface area contributed by atoms with Crippen LogP contribution in [-0.4, -0.2) is 41.1 Å². The van der Waals surface area contributed by atoms with Gasteiger partial charge in [0.2, 0.25) is 5.78 Å². The Balaban J connectivity index is 1.50. The van der Waals surface area contributed by atoms with Crippen molar-refractivity contribution in [3.05, 3.63) is 68.3 Å². The van der Waals surface area contributed by atoms with Crippen LogP contribution in [0, 0.1) is 24.0 Å². The van der Waals surface area contributed by atoms with Gasteiger partial charge in [0.15, 0.2) is 18.1 Å². The van der Waals surface area contributed by atoms with Crippen LogP contribution in [0.3, 0.4) is 0 Å². The summed E-state index contributed by atoms with van der Waals surface area (Å²) >= 11 is 0.704. The van der Waals surface area contributed by atoms with Crippen LogP contribution >= 0.6 is 11.3 Å². The van der Waals surface area contributed by atoms with Gasteiger partial charge in [0.25, 0.3) is 0 Å². The summed E-state index contributed by atoms with van der Waals surface area (Å²) in [4.78, 5) is 35.1. The van der Waals surface area contributed by atoms with Gasteiger partial charge in [-0.3, -0.25) is 14.9 Å². The Kier molecular flexibility index (Phi) is 5.47. The van der Waals surface area contributed by atoms with Crippen molar-refractivity contribution in [2.24, 2.45) is 0 Å². The number of carbonyl (C=O) groups is 2. The van der Waals surface area contributed by atoms with Crippen molar-refractivity contribution in [3.8, 4) is 17.2 Å². The maximum Gasteiger partial charge on any atom is 0.349 e. The van der Waals surface area contributed by atoms with E-state index < -0.39 is 17.5 Å². The molecule has 0 saturated carbocycles. The normalized spacial score (nSPS) is 12.5. The van der Waals surface area contributed by atoms with Gasteiger partial charge in [-0.05, 0) is 38.1 Å². The van der Waals surface area contributed by atoms with Gasteiger partial charge in [0.05, 0.1) is 4.92 Å². The van der Waals surface area contributed by atoms with Gasteiger partial charge in [-0.2, -0.15) is 0 Å². The number of ether oxygens (including phenoxy) is 3. The number of hydrogen-bond acceptors (Lipinski definition) is 8. The first-order valence-electron chi connectivity index (χ1n) is 9.38. The molecule has 0 unspecified atom stereocenters. The summed E-state index contributed by atoms with van der Waals surface area (Å²) in [5.41, 5.74) is 2.78. The number of aromatic nitrogens is 1. The third kappa shape index (κ3) is 4.02. The molecular weight excluding hydrogens is 424 g/mol. The highest BCUT2D eigenvalue weighted by Crippen LogP contribution is 2.33. The van der Waals surface area contributed by atoms with Crippen molar-refractivity contribution in [2.75, 3.05) is 19.8 Å². The number of aryl methyl sites for hydroxylation is 1. The largest absolute Gasteiger partial charge is 0.486 e. The molecule has 1 aliphatic rings. The van der Waals surface area contributed by atoms with Gasteiger partial charge in [0, 0.05) is 34.8 Å². The summed E-state index contributed by atoms with van der Waals surface area (Å²) in [7, 11) is 0. The van der Waals surface area contributed by atoms with Gasteiger partial charge in [-0.25, -0.2) is 4.79 Å². The molecule has 160 valence electrons. The zero-order chi connectivity index (χ0) is 22.1. The van der Waals surface area contributed by atoms with E-state index in [1.807, 2.05) is 36.6 Å². The number of hydrogen-bond donors (Lipinski definition) is 0. The second-order valence-electron chi connectivity index (χ2n) is 6.84. The highest BCUT2D eigenvalue weighted by Gasteiger charge is 2.21. The first-order valence-corrected chi connectivity index (χ1v) is 10.2. The molecule has 0 amide bonds. The van der Waals surface area contributed by atoms with E-state index in [1.54, 1.807) is 6.07 Å². The smallest absolute Gasteiger partial charge is 0.349 e. The number of rotatable bonds is 6. The lowest BCUT2D eigenvalue weighted by Gasteiger charge is -2.20. The molecule has 0 radical (unpaired) electrons. The quantitative estimate of drug-likeness (QED) is 0.247. The fourth-order valence-electron chi connectivity index (χ4n) is 3.43. The molecule has 0 aliphatic carbocycles. The van der Waals surface area contributed by atoms with Gasteiger partial charge >= 0.3 is 11.0 Å². The molecule has 0 saturated heterocycles. The summed E-state index contributed by atoms with van der Waals surface area (Å²) in [5, 5.41) is 10.6. The van der Waals surface area contributed by atoms with E-state index in [1.165, 1.54) is 12.1 Å². The van der Waals surface area contributed by atoms with Crippen LogP contribution < -0.4 is 9.47 Å². The molecule has 9 nitrogen and oxygen atoms in total. The summed E-state index contributed by atoms with van der Waals surface area (Å²) in [6.45, 7) is 4.20. The minimum absolute atomic E-state index is 0.0706. The highest BCUT2D eigenvalue weighted by atomic mass is 32.1. The lowest BCUT2D eigenvalue weighted by Crippen LogP contribution is -2.16. The van der Waals surface area contributed by atoms with E-state index in [4.69, 9.17) is 14.2 Å². The van der Waals surface area contributed by atoms with Crippen LogP contribution in [0.1, 0.15) is 31.4 Å². The van der Waals surface area contributed by atoms with Crippen LogP contribution in [0.5, 0.6) is 11.5 Å². The lowest BCUT2D eigenvalue weighted by atomic mass is 10.1. The third-order valence-corrected chi connectivity index (χ3v) is 5.84. The Morgan fingerprint density at radius 2 is 1.87 bits per heavy atom. The van der Waals surface area contributed by atoms with Crippen LogP contribution in [0.25, 0.3) is 5.69 Å². The van der Waals surface area contributed by atoms with E-state index in [0.29, 0.717) is 47.3 Å². The number of fused-ring (bicyclic) bond motifs is 1. The molecular formula is C21H18N2O7S. The summed E-state index contributed by atoms with van der Waals surface area (Å²) < 4.78 is 18.2. The number of thiophene rings is 1. The fraction of sp³-hybridized carbons (Fsp3) is 0.238. The monoisotopic (exact) mass is 442 g/mol. The van der Waals surface area contributed by atoms with E-state index in [9.17, 15) is 19.7 Å². The average Bonchev–Trinajstić information content (AvgIpc) is 3.36. The lowest BCUT2D eigenvalue weighted by molar-refractivity contribution is -0.380. The van der Waals surface area contributed by atoms with E-state index in [-0.39, 0.29) is 15.7 Å². The standard InChI is InChI=1S/C21H18N2O7S/c1-12-9-15(16(24)11-30-21(25)19-5-6-20(31-19)23(26)27)13(2)22(12)14-3-4-17-18(10-14)29-8-7-28-17/h3-6,9-10H,7-8,11H2,1-2H3. The zero-order valence-electron chi connectivity index (χ0n) is 16.7. The predicted molar refractivity (Wildman–Crippen MR) is 112 cm³/mol. The minimum Gasteiger partial charge on any atom is -0.486 e. The van der Waals surface area contributed by atoms with Gasteiger partial charge in [-0.15, -0.1) is 0 Å². The second-order valence-corrected chi connectivity index (χ2v) is 7.90. The predicted octanol–water partition coefficient (Wildman–Crippen LogP) is 3.87. The molecule has 0 N–H and O–H groups in total. The highest BCUT2D eigenvalue weighted by molar-refractivity contribution is 7.17. The van der Waals surface area contributed by atoms with Crippen LogP contribution in [0.4, 0.5) is 5.00 Å². The van der Waals surface area contributed by atoms with E-state index >= 15 is 0 Å². The molecule has 0 spiro atoms. The number of ketones is 1. The molecule has 1 aliphatic heterocycles. The maximum atomic E-state index is 12.7. The first kappa shape index (κ1) is 20.6. The van der Waals surface area contributed by atoms with E-state index in [0.717, 1.165) is 11.4 Å². The average molecular weight is 442 g/mol. The summed E-state index contributed by atoms with van der Waals surface area (Å²) in [6, 6.07) is 9.83. The number of esters is 1. The molecule has 1 aromatic carbocycles. The number of Topliss-reactive ketones (excluding diaryl/α,β-unsaturated/α-hetero) is 1. The van der Waals surface area contributed by atoms with Crippen molar-refractivity contribution in [1.29, 1.82) is 0 Å². The molecule has 10 heteroatoms. The maximum absolute atomic E-state index is 12.7. The molecule has 3 heterocycles. The molecule has 2 aromatic heterocycles. The molecule has 3 aromatic rings.